The van der Waals surface area contributed by atoms with Crippen LogP contribution in [0.25, 0.3) is 0 Å². The minimum Gasteiger partial charge on any atom is -0.444 e. The predicted octanol–water partition coefficient (Wildman–Crippen LogP) is 0.798. The van der Waals surface area contributed by atoms with Crippen molar-refractivity contribution < 1.29 is 23.9 Å². The van der Waals surface area contributed by atoms with Crippen LogP contribution in [0.15, 0.2) is 30.3 Å². The molecule has 2 aliphatic rings. The largest absolute Gasteiger partial charge is 0.444 e. The van der Waals surface area contributed by atoms with Crippen molar-refractivity contribution in [1.29, 1.82) is 0 Å². The molecule has 0 aromatic heterocycles. The summed E-state index contributed by atoms with van der Waals surface area (Å²) in [5.41, 5.74) is -0.288. The van der Waals surface area contributed by atoms with Crippen LogP contribution in [-0.4, -0.2) is 65.0 Å². The fraction of sp³-hybridized carbons (Fsp3) is 0.524. The van der Waals surface area contributed by atoms with Gasteiger partial charge < -0.3 is 25.6 Å². The Bertz CT molecular complexity index is 836. The lowest BCUT2D eigenvalue weighted by molar-refractivity contribution is -0.147. The van der Waals surface area contributed by atoms with Crippen LogP contribution in [0.1, 0.15) is 44.5 Å². The number of hydrogen-bond acceptors (Lipinski definition) is 5. The van der Waals surface area contributed by atoms with Gasteiger partial charge >= 0.3 is 6.09 Å². The number of alkyl carbamates (subject to hydrolysis) is 1. The highest BCUT2D eigenvalue weighted by atomic mass is 16.6. The summed E-state index contributed by atoms with van der Waals surface area (Å²) in [5, 5.41) is 8.26. The van der Waals surface area contributed by atoms with E-state index in [1.54, 1.807) is 51.1 Å². The molecule has 4 atom stereocenters. The van der Waals surface area contributed by atoms with Crippen molar-refractivity contribution in [2.75, 3.05) is 6.54 Å². The third-order valence-electron chi connectivity index (χ3n) is 5.11. The molecule has 0 saturated carbocycles. The quantitative estimate of drug-likeness (QED) is 0.671. The number of carbonyl (C=O) groups is 4. The number of rotatable bonds is 4. The van der Waals surface area contributed by atoms with Gasteiger partial charge in [-0.05, 0) is 39.3 Å². The number of carbonyl (C=O) groups excluding carboxylic acids is 4. The van der Waals surface area contributed by atoms with E-state index in [0.717, 1.165) is 0 Å². The lowest BCUT2D eigenvalue weighted by atomic mass is 10.0. The van der Waals surface area contributed by atoms with Gasteiger partial charge in [0.25, 0.3) is 5.91 Å². The molecule has 4 amide bonds. The zero-order valence-corrected chi connectivity index (χ0v) is 17.6. The van der Waals surface area contributed by atoms with E-state index in [2.05, 4.69) is 16.0 Å². The monoisotopic (exact) mass is 416 g/mol. The smallest absolute Gasteiger partial charge is 0.408 e. The van der Waals surface area contributed by atoms with Crippen molar-refractivity contribution in [3.63, 3.8) is 0 Å². The Labute approximate surface area is 175 Å². The Hall–Kier alpha value is -3.10. The molecule has 1 aromatic rings. The summed E-state index contributed by atoms with van der Waals surface area (Å²) in [6.07, 6.45) is -0.259. The van der Waals surface area contributed by atoms with Gasteiger partial charge in [-0.15, -0.1) is 0 Å². The summed E-state index contributed by atoms with van der Waals surface area (Å²) in [6.45, 7) is 7.11. The van der Waals surface area contributed by atoms with E-state index in [0.29, 0.717) is 12.0 Å². The van der Waals surface area contributed by atoms with Crippen LogP contribution in [0.4, 0.5) is 4.79 Å². The third kappa shape index (κ3) is 4.55. The number of nitrogens with zero attached hydrogens (tertiary/aromatic N) is 1. The molecular weight excluding hydrogens is 388 g/mol. The fourth-order valence-corrected chi connectivity index (χ4v) is 3.78. The number of nitrogens with one attached hydrogen (secondary N) is 3. The van der Waals surface area contributed by atoms with Crippen LogP contribution in [0, 0.1) is 0 Å². The molecule has 1 aromatic carbocycles. The number of fused-ring (bicyclic) bond motifs is 1. The second-order valence-corrected chi connectivity index (χ2v) is 8.52. The molecule has 2 saturated heterocycles. The van der Waals surface area contributed by atoms with E-state index >= 15 is 0 Å². The van der Waals surface area contributed by atoms with Crippen molar-refractivity contribution in [3.8, 4) is 0 Å². The van der Waals surface area contributed by atoms with Gasteiger partial charge in [-0.25, -0.2) is 4.79 Å². The van der Waals surface area contributed by atoms with E-state index < -0.39 is 35.9 Å². The number of amides is 4. The van der Waals surface area contributed by atoms with Gasteiger partial charge in [0.15, 0.2) is 0 Å². The van der Waals surface area contributed by atoms with E-state index in [1.807, 2.05) is 6.92 Å². The Morgan fingerprint density at radius 1 is 1.17 bits per heavy atom. The summed E-state index contributed by atoms with van der Waals surface area (Å²) in [5.74, 6) is -0.940. The molecule has 162 valence electrons. The highest BCUT2D eigenvalue weighted by molar-refractivity contribution is 5.99. The molecule has 0 spiro atoms. The second-order valence-electron chi connectivity index (χ2n) is 8.52. The highest BCUT2D eigenvalue weighted by Gasteiger charge is 2.53. The Balaban J connectivity index is 1.85. The summed E-state index contributed by atoms with van der Waals surface area (Å²) >= 11 is 0. The summed E-state index contributed by atoms with van der Waals surface area (Å²) in [6, 6.07) is 5.60. The minimum absolute atomic E-state index is 0.118. The standard InChI is InChI=1S/C21H28N4O5/c1-5-13-19(28)25-11-14(23-17(26)12-9-7-6-8-10-12)15(16(25)18(27)22-13)24-20(29)30-21(2,3)4/h6-10,13-16H,5,11H2,1-4H3,(H,22,27)(H,23,26)(H,24,29)/t13-,14+,15+,16-/m0/s1. The second kappa shape index (κ2) is 8.33. The SMILES string of the molecule is CC[C@@H]1NC(=O)[C@@H]2[C@H](NC(=O)OC(C)(C)C)[C@H](NC(=O)c3ccccc3)CN2C1=O. The average molecular weight is 416 g/mol. The maximum Gasteiger partial charge on any atom is 0.408 e. The van der Waals surface area contributed by atoms with Gasteiger partial charge in [0, 0.05) is 12.1 Å². The molecule has 9 heteroatoms. The zero-order valence-electron chi connectivity index (χ0n) is 17.6. The Morgan fingerprint density at radius 2 is 1.83 bits per heavy atom. The number of piperazine rings is 1. The van der Waals surface area contributed by atoms with Crippen molar-refractivity contribution in [2.24, 2.45) is 0 Å². The van der Waals surface area contributed by atoms with Crippen molar-refractivity contribution >= 4 is 23.8 Å². The number of ether oxygens (including phenoxy) is 1. The molecular formula is C21H28N4O5. The van der Waals surface area contributed by atoms with Gasteiger partial charge in [-0.2, -0.15) is 0 Å². The van der Waals surface area contributed by atoms with E-state index in [1.165, 1.54) is 4.90 Å². The van der Waals surface area contributed by atoms with E-state index in [4.69, 9.17) is 4.74 Å². The first-order valence-corrected chi connectivity index (χ1v) is 10.1. The highest BCUT2D eigenvalue weighted by Crippen LogP contribution is 2.25. The van der Waals surface area contributed by atoms with Crippen LogP contribution >= 0.6 is 0 Å². The average Bonchev–Trinajstić information content (AvgIpc) is 3.02. The van der Waals surface area contributed by atoms with E-state index in [-0.39, 0.29) is 24.3 Å². The van der Waals surface area contributed by atoms with Gasteiger partial charge in [-0.3, -0.25) is 14.4 Å². The maximum atomic E-state index is 12.8. The molecule has 0 radical (unpaired) electrons. The molecule has 2 fully saturated rings. The Kier molecular flexibility index (Phi) is 6.00. The topological polar surface area (TPSA) is 117 Å². The number of benzene rings is 1. The Morgan fingerprint density at radius 3 is 2.43 bits per heavy atom. The van der Waals surface area contributed by atoms with Crippen LogP contribution < -0.4 is 16.0 Å². The van der Waals surface area contributed by atoms with Crippen LogP contribution in [-0.2, 0) is 14.3 Å². The lowest BCUT2D eigenvalue weighted by Gasteiger charge is -2.36. The van der Waals surface area contributed by atoms with Gasteiger partial charge in [0.2, 0.25) is 11.8 Å². The summed E-state index contributed by atoms with van der Waals surface area (Å²) in [4.78, 5) is 52.1. The maximum absolute atomic E-state index is 12.8. The lowest BCUT2D eigenvalue weighted by Crippen LogP contribution is -2.65. The minimum atomic E-state index is -0.922. The summed E-state index contributed by atoms with van der Waals surface area (Å²) in [7, 11) is 0. The van der Waals surface area contributed by atoms with Crippen LogP contribution in [0.2, 0.25) is 0 Å². The number of hydrogen-bond donors (Lipinski definition) is 3. The summed E-state index contributed by atoms with van der Waals surface area (Å²) < 4.78 is 5.32. The molecule has 0 unspecified atom stereocenters. The van der Waals surface area contributed by atoms with Gasteiger partial charge in [0.1, 0.15) is 17.7 Å². The zero-order chi connectivity index (χ0) is 22.1. The molecule has 3 rings (SSSR count). The molecule has 2 aliphatic heterocycles. The first kappa shape index (κ1) is 21.6. The first-order chi connectivity index (χ1) is 14.1. The van der Waals surface area contributed by atoms with Crippen molar-refractivity contribution in [2.45, 2.75) is 63.9 Å². The van der Waals surface area contributed by atoms with Crippen molar-refractivity contribution in [1.82, 2.24) is 20.9 Å². The predicted molar refractivity (Wildman–Crippen MR) is 109 cm³/mol. The molecule has 0 aliphatic carbocycles. The normalized spacial score (nSPS) is 25.9. The van der Waals surface area contributed by atoms with E-state index in [9.17, 15) is 19.2 Å². The van der Waals surface area contributed by atoms with Crippen molar-refractivity contribution in [3.05, 3.63) is 35.9 Å². The van der Waals surface area contributed by atoms with Gasteiger partial charge in [-0.1, -0.05) is 25.1 Å². The third-order valence-corrected chi connectivity index (χ3v) is 5.11. The van der Waals surface area contributed by atoms with Crippen LogP contribution in [0.5, 0.6) is 0 Å². The molecule has 2 heterocycles. The molecule has 9 nitrogen and oxygen atoms in total. The molecule has 0 bridgehead atoms. The first-order valence-electron chi connectivity index (χ1n) is 10.1. The molecule has 30 heavy (non-hydrogen) atoms. The van der Waals surface area contributed by atoms with Crippen LogP contribution in [0.3, 0.4) is 0 Å². The van der Waals surface area contributed by atoms with Gasteiger partial charge in [0.05, 0.1) is 12.1 Å². The molecule has 3 N–H and O–H groups in total. The fourth-order valence-electron chi connectivity index (χ4n) is 3.78.